The first kappa shape index (κ1) is 9.01. The van der Waals surface area contributed by atoms with Gasteiger partial charge in [0.2, 0.25) is 0 Å². The highest BCUT2D eigenvalue weighted by molar-refractivity contribution is 6.49. The van der Waals surface area contributed by atoms with Crippen LogP contribution in [0.15, 0.2) is 41.4 Å². The Hall–Kier alpha value is -1.08. The molecule has 0 bridgehead atoms. The minimum atomic E-state index is 0.709. The van der Waals surface area contributed by atoms with Gasteiger partial charge in [-0.25, -0.2) is 0 Å². The standard InChI is InChI=1S/C10H10ClN/c1-12-8-7-10(11)9-5-3-2-4-6-9/h2-8H,1H3/b10-7-,12-8?. The van der Waals surface area contributed by atoms with Gasteiger partial charge in [-0.3, -0.25) is 4.99 Å². The van der Waals surface area contributed by atoms with Gasteiger partial charge in [-0.1, -0.05) is 41.9 Å². The second-order valence-electron chi connectivity index (χ2n) is 2.29. The van der Waals surface area contributed by atoms with E-state index in [-0.39, 0.29) is 0 Å². The predicted molar refractivity (Wildman–Crippen MR) is 54.7 cm³/mol. The van der Waals surface area contributed by atoms with Gasteiger partial charge in [0.05, 0.1) is 0 Å². The molecule has 0 heterocycles. The average Bonchev–Trinajstić information content (AvgIpc) is 2.15. The van der Waals surface area contributed by atoms with Gasteiger partial charge in [0.25, 0.3) is 0 Å². The Kier molecular flexibility index (Phi) is 3.55. The van der Waals surface area contributed by atoms with Gasteiger partial charge in [-0.2, -0.15) is 0 Å². The van der Waals surface area contributed by atoms with E-state index in [1.165, 1.54) is 0 Å². The van der Waals surface area contributed by atoms with Crippen molar-refractivity contribution in [2.45, 2.75) is 0 Å². The van der Waals surface area contributed by atoms with Crippen molar-refractivity contribution in [1.29, 1.82) is 0 Å². The number of halogens is 1. The molecule has 0 unspecified atom stereocenters. The van der Waals surface area contributed by atoms with Crippen LogP contribution >= 0.6 is 11.6 Å². The largest absolute Gasteiger partial charge is 0.296 e. The number of aliphatic imine (C=N–C) groups is 1. The van der Waals surface area contributed by atoms with E-state index < -0.39 is 0 Å². The smallest absolute Gasteiger partial charge is 0.0493 e. The van der Waals surface area contributed by atoms with Crippen molar-refractivity contribution >= 4 is 22.8 Å². The third kappa shape index (κ3) is 2.51. The van der Waals surface area contributed by atoms with E-state index >= 15 is 0 Å². The predicted octanol–water partition coefficient (Wildman–Crippen LogP) is 2.97. The minimum absolute atomic E-state index is 0.709. The fourth-order valence-electron chi connectivity index (χ4n) is 0.834. The quantitative estimate of drug-likeness (QED) is 0.619. The van der Waals surface area contributed by atoms with Crippen molar-refractivity contribution < 1.29 is 0 Å². The van der Waals surface area contributed by atoms with Crippen LogP contribution in [0.3, 0.4) is 0 Å². The number of hydrogen-bond acceptors (Lipinski definition) is 1. The van der Waals surface area contributed by atoms with E-state index in [4.69, 9.17) is 11.6 Å². The third-order valence-electron chi connectivity index (χ3n) is 1.42. The van der Waals surface area contributed by atoms with Crippen molar-refractivity contribution in [2.75, 3.05) is 7.05 Å². The molecule has 2 heteroatoms. The lowest BCUT2D eigenvalue weighted by molar-refractivity contribution is 1.48. The summed E-state index contributed by atoms with van der Waals surface area (Å²) in [6.07, 6.45) is 3.45. The monoisotopic (exact) mass is 179 g/mol. The van der Waals surface area contributed by atoms with Gasteiger partial charge in [0.1, 0.15) is 0 Å². The molecule has 0 aromatic heterocycles. The first-order valence-electron chi connectivity index (χ1n) is 3.68. The summed E-state index contributed by atoms with van der Waals surface area (Å²) in [6, 6.07) is 9.79. The summed E-state index contributed by atoms with van der Waals surface area (Å²) in [5.74, 6) is 0. The fourth-order valence-corrected chi connectivity index (χ4v) is 1.02. The van der Waals surface area contributed by atoms with E-state index in [0.717, 1.165) is 5.56 Å². The van der Waals surface area contributed by atoms with E-state index in [0.29, 0.717) is 5.03 Å². The summed E-state index contributed by atoms with van der Waals surface area (Å²) in [6.45, 7) is 0. The summed E-state index contributed by atoms with van der Waals surface area (Å²) in [5, 5.41) is 0.709. The maximum absolute atomic E-state index is 5.95. The first-order valence-corrected chi connectivity index (χ1v) is 4.06. The lowest BCUT2D eigenvalue weighted by atomic mass is 10.2. The summed E-state index contributed by atoms with van der Waals surface area (Å²) >= 11 is 5.95. The van der Waals surface area contributed by atoms with Gasteiger partial charge < -0.3 is 0 Å². The highest BCUT2D eigenvalue weighted by atomic mass is 35.5. The van der Waals surface area contributed by atoms with Gasteiger partial charge in [0.15, 0.2) is 0 Å². The molecule has 12 heavy (non-hydrogen) atoms. The zero-order chi connectivity index (χ0) is 8.81. The Morgan fingerprint density at radius 1 is 1.33 bits per heavy atom. The van der Waals surface area contributed by atoms with Crippen LogP contribution in [-0.2, 0) is 0 Å². The second-order valence-corrected chi connectivity index (χ2v) is 2.70. The number of hydrogen-bond donors (Lipinski definition) is 0. The molecule has 1 rings (SSSR count). The SMILES string of the molecule is CN=C/C=C(\Cl)c1ccccc1. The average molecular weight is 180 g/mol. The Bertz CT molecular complexity index is 288. The van der Waals surface area contributed by atoms with Crippen LogP contribution in [0.4, 0.5) is 0 Å². The third-order valence-corrected chi connectivity index (χ3v) is 1.76. The van der Waals surface area contributed by atoms with Gasteiger partial charge in [-0.15, -0.1) is 0 Å². The molecular formula is C10H10ClN. The lowest BCUT2D eigenvalue weighted by Crippen LogP contribution is -1.75. The lowest BCUT2D eigenvalue weighted by Gasteiger charge is -1.95. The maximum atomic E-state index is 5.95. The molecule has 1 nitrogen and oxygen atoms in total. The molecule has 0 N–H and O–H groups in total. The van der Waals surface area contributed by atoms with Crippen LogP contribution in [0, 0.1) is 0 Å². The summed E-state index contributed by atoms with van der Waals surface area (Å²) in [4.78, 5) is 3.82. The van der Waals surface area contributed by atoms with Gasteiger partial charge in [0, 0.05) is 18.3 Å². The molecule has 0 aliphatic carbocycles. The second kappa shape index (κ2) is 4.73. The maximum Gasteiger partial charge on any atom is 0.0493 e. The molecule has 0 atom stereocenters. The summed E-state index contributed by atoms with van der Waals surface area (Å²) < 4.78 is 0. The van der Waals surface area contributed by atoms with Crippen molar-refractivity contribution in [3.63, 3.8) is 0 Å². The number of rotatable bonds is 2. The van der Waals surface area contributed by atoms with E-state index in [1.54, 1.807) is 19.3 Å². The van der Waals surface area contributed by atoms with Gasteiger partial charge in [-0.05, 0) is 11.6 Å². The normalized spacial score (nSPS) is 12.3. The molecule has 0 saturated heterocycles. The molecule has 1 aromatic carbocycles. The molecule has 0 aliphatic heterocycles. The molecule has 0 fully saturated rings. The highest BCUT2D eigenvalue weighted by Gasteiger charge is 1.92. The molecule has 0 aliphatic rings. The minimum Gasteiger partial charge on any atom is -0.296 e. The van der Waals surface area contributed by atoms with Crippen LogP contribution in [-0.4, -0.2) is 13.3 Å². The van der Waals surface area contributed by atoms with Crippen LogP contribution in [0.1, 0.15) is 5.56 Å². The highest BCUT2D eigenvalue weighted by Crippen LogP contribution is 2.16. The molecule has 0 saturated carbocycles. The number of allylic oxidation sites excluding steroid dienone is 1. The molecule has 0 amide bonds. The molecule has 1 aromatic rings. The van der Waals surface area contributed by atoms with Crippen molar-refractivity contribution in [1.82, 2.24) is 0 Å². The van der Waals surface area contributed by atoms with Crippen LogP contribution < -0.4 is 0 Å². The van der Waals surface area contributed by atoms with E-state index in [1.807, 2.05) is 30.3 Å². The first-order chi connectivity index (χ1) is 5.84. The Balaban J connectivity index is 2.85. The van der Waals surface area contributed by atoms with Crippen LogP contribution in [0.2, 0.25) is 0 Å². The van der Waals surface area contributed by atoms with E-state index in [9.17, 15) is 0 Å². The molecule has 0 spiro atoms. The Morgan fingerprint density at radius 3 is 2.58 bits per heavy atom. The number of benzene rings is 1. The Morgan fingerprint density at radius 2 is 2.00 bits per heavy atom. The summed E-state index contributed by atoms with van der Waals surface area (Å²) in [5.41, 5.74) is 1.01. The van der Waals surface area contributed by atoms with E-state index in [2.05, 4.69) is 4.99 Å². The fraction of sp³-hybridized carbons (Fsp3) is 0.100. The molecule has 0 radical (unpaired) electrons. The molecule has 62 valence electrons. The number of nitrogens with zero attached hydrogens (tertiary/aromatic N) is 1. The van der Waals surface area contributed by atoms with Crippen molar-refractivity contribution in [3.05, 3.63) is 42.0 Å². The van der Waals surface area contributed by atoms with Crippen LogP contribution in [0.5, 0.6) is 0 Å². The Labute approximate surface area is 77.4 Å². The van der Waals surface area contributed by atoms with Crippen molar-refractivity contribution in [3.8, 4) is 0 Å². The summed E-state index contributed by atoms with van der Waals surface area (Å²) in [7, 11) is 1.71. The zero-order valence-electron chi connectivity index (χ0n) is 6.87. The zero-order valence-corrected chi connectivity index (χ0v) is 7.62. The van der Waals surface area contributed by atoms with Crippen LogP contribution in [0.25, 0.3) is 5.03 Å². The van der Waals surface area contributed by atoms with Crippen molar-refractivity contribution in [2.24, 2.45) is 4.99 Å². The molecular weight excluding hydrogens is 170 g/mol. The topological polar surface area (TPSA) is 12.4 Å². The van der Waals surface area contributed by atoms with Gasteiger partial charge >= 0.3 is 0 Å².